The average molecular weight is 329 g/mol. The molecule has 1 saturated heterocycles. The van der Waals surface area contributed by atoms with E-state index in [-0.39, 0.29) is 24.1 Å². The molecule has 1 aromatic rings. The van der Waals surface area contributed by atoms with E-state index in [1.165, 1.54) is 4.90 Å². The first-order valence-corrected chi connectivity index (χ1v) is 8.47. The molecule has 0 aliphatic carbocycles. The van der Waals surface area contributed by atoms with Crippen LogP contribution in [0.2, 0.25) is 0 Å². The van der Waals surface area contributed by atoms with E-state index in [0.29, 0.717) is 25.3 Å². The summed E-state index contributed by atoms with van der Waals surface area (Å²) in [5, 5.41) is 6.01. The fourth-order valence-corrected chi connectivity index (χ4v) is 3.09. The molecular weight excluding hydrogens is 306 g/mol. The number of benzene rings is 1. The van der Waals surface area contributed by atoms with Gasteiger partial charge in [0.2, 0.25) is 11.8 Å². The van der Waals surface area contributed by atoms with Crippen molar-refractivity contribution in [1.29, 1.82) is 0 Å². The van der Waals surface area contributed by atoms with E-state index < -0.39 is 6.04 Å². The fraction of sp³-hybridized carbons (Fsp3) is 0.500. The van der Waals surface area contributed by atoms with Crippen molar-refractivity contribution >= 4 is 29.1 Å². The van der Waals surface area contributed by atoms with Crippen LogP contribution in [0.3, 0.4) is 0 Å². The average Bonchev–Trinajstić information content (AvgIpc) is 2.79. The van der Waals surface area contributed by atoms with E-state index in [1.54, 1.807) is 0 Å². The second-order valence-corrected chi connectivity index (χ2v) is 6.89. The second kappa shape index (κ2) is 6.63. The van der Waals surface area contributed by atoms with E-state index in [2.05, 4.69) is 24.5 Å². The normalized spacial score (nSPS) is 20.4. The Morgan fingerprint density at radius 2 is 2.04 bits per heavy atom. The van der Waals surface area contributed by atoms with Crippen LogP contribution in [-0.4, -0.2) is 35.2 Å². The fourth-order valence-electron chi connectivity index (χ4n) is 3.09. The van der Waals surface area contributed by atoms with Crippen molar-refractivity contribution in [2.24, 2.45) is 5.92 Å². The molecule has 1 unspecified atom stereocenters. The third-order valence-electron chi connectivity index (χ3n) is 4.52. The lowest BCUT2D eigenvalue weighted by Crippen LogP contribution is -2.35. The molecule has 24 heavy (non-hydrogen) atoms. The van der Waals surface area contributed by atoms with Crippen LogP contribution in [0.5, 0.6) is 0 Å². The van der Waals surface area contributed by atoms with Gasteiger partial charge in [0.05, 0.1) is 6.42 Å². The van der Waals surface area contributed by atoms with Crippen LogP contribution in [0.25, 0.3) is 0 Å². The van der Waals surface area contributed by atoms with Gasteiger partial charge in [0.25, 0.3) is 5.91 Å². The Labute approximate surface area is 141 Å². The Morgan fingerprint density at radius 3 is 2.79 bits per heavy atom. The van der Waals surface area contributed by atoms with Gasteiger partial charge in [-0.05, 0) is 42.5 Å². The summed E-state index contributed by atoms with van der Waals surface area (Å²) in [4.78, 5) is 37.3. The van der Waals surface area contributed by atoms with Gasteiger partial charge >= 0.3 is 0 Å². The zero-order chi connectivity index (χ0) is 17.3. The number of likely N-dealkylation sites (tertiary alicyclic amines) is 1. The highest BCUT2D eigenvalue weighted by Gasteiger charge is 2.38. The topological polar surface area (TPSA) is 78.5 Å². The van der Waals surface area contributed by atoms with Crippen LogP contribution in [0.15, 0.2) is 18.2 Å². The first-order chi connectivity index (χ1) is 11.4. The molecule has 1 atom stereocenters. The predicted octanol–water partition coefficient (Wildman–Crippen LogP) is 2.16. The highest BCUT2D eigenvalue weighted by atomic mass is 16.2. The summed E-state index contributed by atoms with van der Waals surface area (Å²) in [6.07, 6.45) is 2.18. The van der Waals surface area contributed by atoms with Crippen LogP contribution in [0, 0.1) is 5.92 Å². The molecule has 2 aliphatic rings. The minimum atomic E-state index is -0.499. The highest BCUT2D eigenvalue weighted by Crippen LogP contribution is 2.27. The van der Waals surface area contributed by atoms with E-state index in [0.717, 1.165) is 23.4 Å². The van der Waals surface area contributed by atoms with E-state index in [4.69, 9.17) is 0 Å². The van der Waals surface area contributed by atoms with Crippen molar-refractivity contribution < 1.29 is 14.4 Å². The molecule has 2 heterocycles. The number of carbonyl (C=O) groups excluding carboxylic acids is 3. The molecule has 2 N–H and O–H groups in total. The Hall–Kier alpha value is -2.37. The van der Waals surface area contributed by atoms with Gasteiger partial charge in [-0.2, -0.15) is 0 Å². The number of fused-ring (bicyclic) bond motifs is 1. The van der Waals surface area contributed by atoms with Gasteiger partial charge in [0.1, 0.15) is 6.04 Å². The summed E-state index contributed by atoms with van der Waals surface area (Å²) in [6.45, 7) is 4.64. The van der Waals surface area contributed by atoms with Crippen molar-refractivity contribution in [2.75, 3.05) is 17.2 Å². The monoisotopic (exact) mass is 329 g/mol. The minimum absolute atomic E-state index is 0.0283. The zero-order valence-corrected chi connectivity index (χ0v) is 14.1. The zero-order valence-electron chi connectivity index (χ0n) is 14.1. The molecule has 0 radical (unpaired) electrons. The molecular formula is C18H23N3O3. The third kappa shape index (κ3) is 3.42. The van der Waals surface area contributed by atoms with Gasteiger partial charge in [0, 0.05) is 24.3 Å². The maximum atomic E-state index is 12.5. The Balaban J connectivity index is 1.67. The Kier molecular flexibility index (Phi) is 4.55. The van der Waals surface area contributed by atoms with E-state index in [9.17, 15) is 14.4 Å². The van der Waals surface area contributed by atoms with Crippen LogP contribution >= 0.6 is 0 Å². The first-order valence-electron chi connectivity index (χ1n) is 8.47. The van der Waals surface area contributed by atoms with Crippen molar-refractivity contribution in [3.63, 3.8) is 0 Å². The van der Waals surface area contributed by atoms with Crippen LogP contribution in [0.4, 0.5) is 11.4 Å². The van der Waals surface area contributed by atoms with Crippen molar-refractivity contribution in [3.05, 3.63) is 23.8 Å². The number of carbonyl (C=O) groups is 3. The SMILES string of the molecule is CC(C)CCN1C(=O)CC(Nc2ccc3c(c2)CCC(=O)N3)C1=O. The number of hydrogen-bond donors (Lipinski definition) is 2. The first kappa shape index (κ1) is 16.5. The number of imide groups is 1. The lowest BCUT2D eigenvalue weighted by molar-refractivity contribution is -0.138. The lowest BCUT2D eigenvalue weighted by Gasteiger charge is -2.20. The standard InChI is InChI=1S/C18H23N3O3/c1-11(2)7-8-21-17(23)10-15(18(21)24)19-13-4-5-14-12(9-13)3-6-16(22)20-14/h4-5,9,11,15,19H,3,6-8,10H2,1-2H3,(H,20,22). The number of amides is 3. The van der Waals surface area contributed by atoms with Crippen LogP contribution in [-0.2, 0) is 20.8 Å². The molecule has 1 fully saturated rings. The molecule has 6 nitrogen and oxygen atoms in total. The summed E-state index contributed by atoms with van der Waals surface area (Å²) in [6, 6.07) is 5.12. The maximum Gasteiger partial charge on any atom is 0.252 e. The predicted molar refractivity (Wildman–Crippen MR) is 91.6 cm³/mol. The summed E-state index contributed by atoms with van der Waals surface area (Å²) in [5.41, 5.74) is 2.68. The number of anilines is 2. The van der Waals surface area contributed by atoms with Crippen molar-refractivity contribution in [1.82, 2.24) is 4.90 Å². The summed E-state index contributed by atoms with van der Waals surface area (Å²) < 4.78 is 0. The van der Waals surface area contributed by atoms with E-state index >= 15 is 0 Å². The lowest BCUT2D eigenvalue weighted by atomic mass is 10.0. The molecule has 3 amide bonds. The summed E-state index contributed by atoms with van der Waals surface area (Å²) in [7, 11) is 0. The van der Waals surface area contributed by atoms with Gasteiger partial charge in [-0.15, -0.1) is 0 Å². The second-order valence-electron chi connectivity index (χ2n) is 6.89. The van der Waals surface area contributed by atoms with E-state index in [1.807, 2.05) is 18.2 Å². The van der Waals surface area contributed by atoms with Gasteiger partial charge in [-0.1, -0.05) is 13.8 Å². The number of nitrogens with one attached hydrogen (secondary N) is 2. The maximum absolute atomic E-state index is 12.5. The number of aryl methyl sites for hydroxylation is 1. The molecule has 2 aliphatic heterocycles. The van der Waals surface area contributed by atoms with Crippen LogP contribution < -0.4 is 10.6 Å². The number of rotatable bonds is 5. The Bertz CT molecular complexity index is 684. The van der Waals surface area contributed by atoms with Gasteiger partial charge in [0.15, 0.2) is 0 Å². The molecule has 0 bridgehead atoms. The van der Waals surface area contributed by atoms with Crippen molar-refractivity contribution in [2.45, 2.75) is 45.6 Å². The molecule has 128 valence electrons. The highest BCUT2D eigenvalue weighted by molar-refractivity contribution is 6.06. The van der Waals surface area contributed by atoms with Gasteiger partial charge < -0.3 is 10.6 Å². The number of hydrogen-bond acceptors (Lipinski definition) is 4. The van der Waals surface area contributed by atoms with Gasteiger partial charge in [-0.25, -0.2) is 0 Å². The smallest absolute Gasteiger partial charge is 0.252 e. The Morgan fingerprint density at radius 1 is 1.25 bits per heavy atom. The molecule has 1 aromatic carbocycles. The van der Waals surface area contributed by atoms with Crippen LogP contribution in [0.1, 0.15) is 38.7 Å². The molecule has 0 aromatic heterocycles. The van der Waals surface area contributed by atoms with Gasteiger partial charge in [-0.3, -0.25) is 19.3 Å². The minimum Gasteiger partial charge on any atom is -0.373 e. The largest absolute Gasteiger partial charge is 0.373 e. The molecule has 0 spiro atoms. The quantitative estimate of drug-likeness (QED) is 0.812. The summed E-state index contributed by atoms with van der Waals surface area (Å²) in [5.74, 6) is 0.226. The number of nitrogens with zero attached hydrogens (tertiary/aromatic N) is 1. The summed E-state index contributed by atoms with van der Waals surface area (Å²) >= 11 is 0. The third-order valence-corrected chi connectivity index (χ3v) is 4.52. The molecule has 3 rings (SSSR count). The molecule has 0 saturated carbocycles. The molecule has 6 heteroatoms. The van der Waals surface area contributed by atoms with Crippen molar-refractivity contribution in [3.8, 4) is 0 Å².